The molecule has 0 aliphatic carbocycles. The zero-order valence-corrected chi connectivity index (χ0v) is 19.1. The van der Waals surface area contributed by atoms with Crippen molar-refractivity contribution in [3.8, 4) is 22.6 Å². The summed E-state index contributed by atoms with van der Waals surface area (Å²) in [5.74, 6) is 0.0739. The minimum atomic E-state index is -0.979. The number of nitrogens with zero attached hydrogens (tertiary/aromatic N) is 5. The van der Waals surface area contributed by atoms with Crippen LogP contribution in [0, 0.1) is 6.92 Å². The van der Waals surface area contributed by atoms with Crippen LogP contribution in [0.1, 0.15) is 51.7 Å². The van der Waals surface area contributed by atoms with Crippen molar-refractivity contribution in [3.05, 3.63) is 83.2 Å². The van der Waals surface area contributed by atoms with Gasteiger partial charge in [0.15, 0.2) is 5.82 Å². The van der Waals surface area contributed by atoms with Gasteiger partial charge in [-0.25, -0.2) is 9.78 Å². The van der Waals surface area contributed by atoms with Gasteiger partial charge < -0.3 is 9.67 Å². The summed E-state index contributed by atoms with van der Waals surface area (Å²) in [6.07, 6.45) is 1.67. The number of rotatable bonds is 5. The Balaban J connectivity index is 1.48. The number of fused-ring (bicyclic) bond motifs is 1. The molecule has 34 heavy (non-hydrogen) atoms. The van der Waals surface area contributed by atoms with Gasteiger partial charge in [0, 0.05) is 11.6 Å². The molecule has 1 aliphatic heterocycles. The molecule has 1 aliphatic rings. The smallest absolute Gasteiger partial charge is 0.335 e. The van der Waals surface area contributed by atoms with Crippen molar-refractivity contribution >= 4 is 17.7 Å². The average molecular weight is 454 g/mol. The Morgan fingerprint density at radius 2 is 1.88 bits per heavy atom. The summed E-state index contributed by atoms with van der Waals surface area (Å²) in [6, 6.07) is 16.6. The number of carboxylic acid groups (broad SMARTS) is 1. The van der Waals surface area contributed by atoms with Crippen molar-refractivity contribution in [1.29, 1.82) is 0 Å². The first kappa shape index (κ1) is 21.5. The van der Waals surface area contributed by atoms with E-state index in [0.29, 0.717) is 29.4 Å². The molecule has 8 nitrogen and oxygen atoms in total. The molecule has 0 spiro atoms. The van der Waals surface area contributed by atoms with Gasteiger partial charge in [-0.3, -0.25) is 9.69 Å². The summed E-state index contributed by atoms with van der Waals surface area (Å²) in [5.41, 5.74) is 4.77. The molecule has 0 atom stereocenters. The van der Waals surface area contributed by atoms with Gasteiger partial charge in [0.05, 0.1) is 12.1 Å². The Morgan fingerprint density at radius 1 is 1.06 bits per heavy atom. The number of aryl methyl sites for hydroxylation is 1. The maximum Gasteiger partial charge on any atom is 0.335 e. The molecule has 1 N–H and O–H groups in total. The van der Waals surface area contributed by atoms with Crippen molar-refractivity contribution in [2.75, 3.05) is 4.90 Å². The third-order valence-corrected chi connectivity index (χ3v) is 5.94. The van der Waals surface area contributed by atoms with Gasteiger partial charge >= 0.3 is 5.97 Å². The molecule has 170 valence electrons. The first-order valence-electron chi connectivity index (χ1n) is 11.0. The van der Waals surface area contributed by atoms with Crippen LogP contribution in [0.15, 0.2) is 60.9 Å². The molecule has 0 bridgehead atoms. The molecule has 4 aromatic rings. The number of amides is 1. The van der Waals surface area contributed by atoms with Crippen LogP contribution in [0.3, 0.4) is 0 Å². The lowest BCUT2D eigenvalue weighted by Gasteiger charge is -2.16. The number of benzene rings is 2. The highest BCUT2D eigenvalue weighted by molar-refractivity contribution is 6.10. The van der Waals surface area contributed by atoms with Crippen LogP contribution in [0.5, 0.6) is 0 Å². The van der Waals surface area contributed by atoms with Gasteiger partial charge in [0.1, 0.15) is 17.8 Å². The van der Waals surface area contributed by atoms with E-state index < -0.39 is 5.97 Å². The number of carbonyl (C=O) groups is 2. The fourth-order valence-electron chi connectivity index (χ4n) is 4.24. The van der Waals surface area contributed by atoms with Gasteiger partial charge in [-0.2, -0.15) is 0 Å². The fourth-order valence-corrected chi connectivity index (χ4v) is 4.24. The summed E-state index contributed by atoms with van der Waals surface area (Å²) in [5, 5.41) is 17.6. The van der Waals surface area contributed by atoms with Crippen LogP contribution in [0.2, 0.25) is 0 Å². The average Bonchev–Trinajstić information content (AvgIpc) is 3.44. The second kappa shape index (κ2) is 8.22. The predicted octanol–water partition coefficient (Wildman–Crippen LogP) is 4.76. The van der Waals surface area contributed by atoms with E-state index >= 15 is 0 Å². The van der Waals surface area contributed by atoms with E-state index in [1.807, 2.05) is 67.8 Å². The first-order valence-corrected chi connectivity index (χ1v) is 11.0. The van der Waals surface area contributed by atoms with Gasteiger partial charge in [0.2, 0.25) is 0 Å². The molecule has 0 unspecified atom stereocenters. The van der Waals surface area contributed by atoms with Crippen LogP contribution in [0.4, 0.5) is 5.82 Å². The minimum absolute atomic E-state index is 0.141. The number of hydrogen-bond acceptors (Lipinski definition) is 5. The number of hydrogen-bond donors (Lipinski definition) is 1. The Morgan fingerprint density at radius 3 is 2.65 bits per heavy atom. The van der Waals surface area contributed by atoms with E-state index in [2.05, 4.69) is 10.2 Å². The standard InChI is InChI=1S/C26H23N5O3/c1-15(2)31-14-27-29-24(31)22-5-4-6-23(28-22)30-13-18-8-7-17(12-21(18)25(30)32)19-9-16(3)10-20(11-19)26(33)34/h4-12,14-15H,13H2,1-3H3,(H,33,34). The highest BCUT2D eigenvalue weighted by Crippen LogP contribution is 2.32. The van der Waals surface area contributed by atoms with E-state index in [9.17, 15) is 14.7 Å². The fraction of sp³-hybridized carbons (Fsp3) is 0.192. The minimum Gasteiger partial charge on any atom is -0.478 e. The summed E-state index contributed by atoms with van der Waals surface area (Å²) < 4.78 is 1.94. The molecule has 0 saturated carbocycles. The van der Waals surface area contributed by atoms with Gasteiger partial charge in [-0.05, 0) is 73.4 Å². The predicted molar refractivity (Wildman–Crippen MR) is 128 cm³/mol. The molecule has 8 heteroatoms. The zero-order valence-electron chi connectivity index (χ0n) is 19.1. The van der Waals surface area contributed by atoms with Gasteiger partial charge in [0.25, 0.3) is 5.91 Å². The van der Waals surface area contributed by atoms with Crippen LogP contribution in [0.25, 0.3) is 22.6 Å². The third kappa shape index (κ3) is 3.73. The lowest BCUT2D eigenvalue weighted by Crippen LogP contribution is -2.24. The summed E-state index contributed by atoms with van der Waals surface area (Å²) >= 11 is 0. The van der Waals surface area contributed by atoms with Crippen LogP contribution < -0.4 is 4.90 Å². The molecule has 0 fully saturated rings. The molecule has 2 aromatic carbocycles. The largest absolute Gasteiger partial charge is 0.478 e. The summed E-state index contributed by atoms with van der Waals surface area (Å²) in [4.78, 5) is 31.2. The normalized spacial score (nSPS) is 12.9. The van der Waals surface area contributed by atoms with E-state index in [0.717, 1.165) is 22.3 Å². The number of carbonyl (C=O) groups excluding carboxylic acids is 1. The molecule has 5 rings (SSSR count). The Kier molecular flexibility index (Phi) is 5.20. The number of carboxylic acids is 1. The number of aromatic nitrogens is 4. The van der Waals surface area contributed by atoms with E-state index in [1.54, 1.807) is 23.4 Å². The second-order valence-corrected chi connectivity index (χ2v) is 8.69. The van der Waals surface area contributed by atoms with E-state index in [4.69, 9.17) is 4.98 Å². The Hall–Kier alpha value is -4.33. The maximum atomic E-state index is 13.4. The number of pyridine rings is 1. The summed E-state index contributed by atoms with van der Waals surface area (Å²) in [7, 11) is 0. The first-order chi connectivity index (χ1) is 16.3. The molecule has 1 amide bonds. The van der Waals surface area contributed by atoms with Crippen LogP contribution >= 0.6 is 0 Å². The van der Waals surface area contributed by atoms with Gasteiger partial charge in [-0.1, -0.05) is 24.3 Å². The quantitative estimate of drug-likeness (QED) is 0.468. The third-order valence-electron chi connectivity index (χ3n) is 5.94. The van der Waals surface area contributed by atoms with Crippen molar-refractivity contribution in [1.82, 2.24) is 19.7 Å². The van der Waals surface area contributed by atoms with Crippen molar-refractivity contribution < 1.29 is 14.7 Å². The molecule has 2 aromatic heterocycles. The molecule has 3 heterocycles. The van der Waals surface area contributed by atoms with Crippen LogP contribution in [-0.4, -0.2) is 36.7 Å². The maximum absolute atomic E-state index is 13.4. The summed E-state index contributed by atoms with van der Waals surface area (Å²) in [6.45, 7) is 6.36. The van der Waals surface area contributed by atoms with Gasteiger partial charge in [-0.15, -0.1) is 10.2 Å². The molecular formula is C26H23N5O3. The number of anilines is 1. The van der Waals surface area contributed by atoms with Crippen molar-refractivity contribution in [3.63, 3.8) is 0 Å². The SMILES string of the molecule is Cc1cc(C(=O)O)cc(-c2ccc3c(c2)C(=O)N(c2cccc(-c4nncn4C(C)C)n2)C3)c1. The molecule has 0 saturated heterocycles. The molecule has 0 radical (unpaired) electrons. The molecular weight excluding hydrogens is 430 g/mol. The second-order valence-electron chi connectivity index (χ2n) is 8.69. The van der Waals surface area contributed by atoms with E-state index in [-0.39, 0.29) is 17.5 Å². The lowest BCUT2D eigenvalue weighted by molar-refractivity contribution is 0.0696. The lowest BCUT2D eigenvalue weighted by atomic mass is 9.97. The van der Waals surface area contributed by atoms with E-state index in [1.165, 1.54) is 0 Å². The Bertz CT molecular complexity index is 1440. The topological polar surface area (TPSA) is 101 Å². The van der Waals surface area contributed by atoms with Crippen molar-refractivity contribution in [2.24, 2.45) is 0 Å². The number of aromatic carboxylic acids is 1. The highest BCUT2D eigenvalue weighted by atomic mass is 16.4. The Labute approximate surface area is 196 Å². The monoisotopic (exact) mass is 453 g/mol. The van der Waals surface area contributed by atoms with Crippen LogP contribution in [-0.2, 0) is 6.54 Å². The zero-order chi connectivity index (χ0) is 24.0. The highest BCUT2D eigenvalue weighted by Gasteiger charge is 2.30. The van der Waals surface area contributed by atoms with Crippen molar-refractivity contribution in [2.45, 2.75) is 33.4 Å².